The molecule has 0 spiro atoms. The maximum Gasteiger partial charge on any atom is 0.0480 e. The Hall–Kier alpha value is -1.50. The molecule has 2 aromatic rings. The SMILES string of the molecule is CC(C)=CCc1cn(C)c2ccccc12. The number of para-hydroxylation sites is 1. The number of hydrogen-bond acceptors (Lipinski definition) is 0. The second-order valence-electron chi connectivity index (χ2n) is 4.27. The van der Waals surface area contributed by atoms with Crippen molar-refractivity contribution in [3.8, 4) is 0 Å². The van der Waals surface area contributed by atoms with Crippen molar-refractivity contribution in [2.75, 3.05) is 0 Å². The third-order valence-electron chi connectivity index (χ3n) is 2.71. The number of nitrogens with zero attached hydrogens (tertiary/aromatic N) is 1. The average molecular weight is 199 g/mol. The minimum absolute atomic E-state index is 1.03. The Morgan fingerprint density at radius 1 is 1.27 bits per heavy atom. The summed E-state index contributed by atoms with van der Waals surface area (Å²) >= 11 is 0. The van der Waals surface area contributed by atoms with Gasteiger partial charge in [0, 0.05) is 24.1 Å². The molecular formula is C14H17N. The van der Waals surface area contributed by atoms with Gasteiger partial charge in [-0.25, -0.2) is 0 Å². The van der Waals surface area contributed by atoms with Gasteiger partial charge in [-0.3, -0.25) is 0 Å². The minimum Gasteiger partial charge on any atom is -0.350 e. The van der Waals surface area contributed by atoms with Crippen LogP contribution >= 0.6 is 0 Å². The molecule has 0 atom stereocenters. The van der Waals surface area contributed by atoms with E-state index in [4.69, 9.17) is 0 Å². The number of allylic oxidation sites excluding steroid dienone is 2. The van der Waals surface area contributed by atoms with Gasteiger partial charge in [0.1, 0.15) is 0 Å². The quantitative estimate of drug-likeness (QED) is 0.650. The summed E-state index contributed by atoms with van der Waals surface area (Å²) in [6.45, 7) is 4.29. The van der Waals surface area contributed by atoms with Gasteiger partial charge in [0.05, 0.1) is 0 Å². The molecule has 0 radical (unpaired) electrons. The smallest absolute Gasteiger partial charge is 0.0480 e. The average Bonchev–Trinajstić information content (AvgIpc) is 2.54. The molecule has 1 aromatic heterocycles. The summed E-state index contributed by atoms with van der Waals surface area (Å²) in [5.41, 5.74) is 4.10. The molecule has 0 unspecified atom stereocenters. The van der Waals surface area contributed by atoms with Crippen LogP contribution in [0.2, 0.25) is 0 Å². The second-order valence-corrected chi connectivity index (χ2v) is 4.27. The molecule has 1 aromatic carbocycles. The number of fused-ring (bicyclic) bond motifs is 1. The summed E-state index contributed by atoms with van der Waals surface area (Å²) in [6.07, 6.45) is 5.54. The minimum atomic E-state index is 1.03. The fourth-order valence-corrected chi connectivity index (χ4v) is 1.90. The van der Waals surface area contributed by atoms with Crippen LogP contribution in [-0.2, 0) is 13.5 Å². The molecule has 0 fully saturated rings. The number of aryl methyl sites for hydroxylation is 1. The highest BCUT2D eigenvalue weighted by molar-refractivity contribution is 5.84. The monoisotopic (exact) mass is 199 g/mol. The van der Waals surface area contributed by atoms with Gasteiger partial charge >= 0.3 is 0 Å². The third-order valence-corrected chi connectivity index (χ3v) is 2.71. The maximum atomic E-state index is 2.28. The highest BCUT2D eigenvalue weighted by Crippen LogP contribution is 2.21. The van der Waals surface area contributed by atoms with Crippen molar-refractivity contribution in [3.05, 3.63) is 47.7 Å². The number of rotatable bonds is 2. The molecule has 2 rings (SSSR count). The first-order valence-electron chi connectivity index (χ1n) is 5.35. The van der Waals surface area contributed by atoms with Gasteiger partial charge in [-0.1, -0.05) is 29.8 Å². The predicted molar refractivity (Wildman–Crippen MR) is 66.1 cm³/mol. The first kappa shape index (κ1) is 10.0. The van der Waals surface area contributed by atoms with E-state index < -0.39 is 0 Å². The van der Waals surface area contributed by atoms with E-state index in [2.05, 4.69) is 62.0 Å². The molecule has 1 heteroatoms. The fraction of sp³-hybridized carbons (Fsp3) is 0.286. The maximum absolute atomic E-state index is 2.28. The zero-order valence-corrected chi connectivity index (χ0v) is 9.62. The standard InChI is InChI=1S/C14H17N/c1-11(2)8-9-12-10-15(3)14-7-5-4-6-13(12)14/h4-8,10H,9H2,1-3H3. The van der Waals surface area contributed by atoms with E-state index >= 15 is 0 Å². The largest absolute Gasteiger partial charge is 0.350 e. The number of aromatic nitrogens is 1. The normalized spacial score (nSPS) is 10.6. The molecule has 0 aliphatic rings. The lowest BCUT2D eigenvalue weighted by atomic mass is 10.1. The zero-order chi connectivity index (χ0) is 10.8. The molecule has 0 saturated carbocycles. The van der Waals surface area contributed by atoms with Crippen molar-refractivity contribution in [2.24, 2.45) is 7.05 Å². The highest BCUT2D eigenvalue weighted by atomic mass is 14.9. The van der Waals surface area contributed by atoms with Crippen molar-refractivity contribution < 1.29 is 0 Å². The summed E-state index contributed by atoms with van der Waals surface area (Å²) in [7, 11) is 2.11. The topological polar surface area (TPSA) is 4.93 Å². The Kier molecular flexibility index (Phi) is 2.63. The lowest BCUT2D eigenvalue weighted by Crippen LogP contribution is -1.82. The highest BCUT2D eigenvalue weighted by Gasteiger charge is 2.03. The van der Waals surface area contributed by atoms with Gasteiger partial charge in [-0.05, 0) is 31.9 Å². The van der Waals surface area contributed by atoms with Crippen molar-refractivity contribution >= 4 is 10.9 Å². The van der Waals surface area contributed by atoms with Crippen LogP contribution in [0.1, 0.15) is 19.4 Å². The van der Waals surface area contributed by atoms with Crippen LogP contribution in [0, 0.1) is 0 Å². The van der Waals surface area contributed by atoms with Crippen molar-refractivity contribution in [3.63, 3.8) is 0 Å². The Bertz CT molecular complexity index is 499. The first-order chi connectivity index (χ1) is 7.18. The molecule has 15 heavy (non-hydrogen) atoms. The van der Waals surface area contributed by atoms with E-state index in [1.807, 2.05) is 0 Å². The van der Waals surface area contributed by atoms with E-state index in [0.717, 1.165) is 6.42 Å². The molecule has 0 saturated heterocycles. The van der Waals surface area contributed by atoms with Crippen LogP contribution in [0.15, 0.2) is 42.1 Å². The molecule has 0 N–H and O–H groups in total. The van der Waals surface area contributed by atoms with Crippen LogP contribution in [0.4, 0.5) is 0 Å². The lowest BCUT2D eigenvalue weighted by Gasteiger charge is -1.94. The van der Waals surface area contributed by atoms with Crippen LogP contribution < -0.4 is 0 Å². The summed E-state index contributed by atoms with van der Waals surface area (Å²) in [4.78, 5) is 0. The Morgan fingerprint density at radius 3 is 2.73 bits per heavy atom. The molecule has 0 aliphatic heterocycles. The predicted octanol–water partition coefficient (Wildman–Crippen LogP) is 3.69. The van der Waals surface area contributed by atoms with Crippen LogP contribution in [0.5, 0.6) is 0 Å². The number of hydrogen-bond donors (Lipinski definition) is 0. The molecule has 1 nitrogen and oxygen atoms in total. The molecule has 0 amide bonds. The summed E-state index contributed by atoms with van der Waals surface area (Å²) in [6, 6.07) is 8.56. The second kappa shape index (κ2) is 3.93. The van der Waals surface area contributed by atoms with Gasteiger partial charge in [-0.15, -0.1) is 0 Å². The van der Waals surface area contributed by atoms with E-state index in [1.165, 1.54) is 22.0 Å². The summed E-state index contributed by atoms with van der Waals surface area (Å²) in [5, 5.41) is 1.37. The van der Waals surface area contributed by atoms with Crippen molar-refractivity contribution in [1.29, 1.82) is 0 Å². The number of benzene rings is 1. The Morgan fingerprint density at radius 2 is 2.00 bits per heavy atom. The summed E-state index contributed by atoms with van der Waals surface area (Å²) in [5.74, 6) is 0. The van der Waals surface area contributed by atoms with Crippen molar-refractivity contribution in [2.45, 2.75) is 20.3 Å². The van der Waals surface area contributed by atoms with Crippen LogP contribution in [0.3, 0.4) is 0 Å². The molecular weight excluding hydrogens is 182 g/mol. The Labute approximate surface area is 91.0 Å². The van der Waals surface area contributed by atoms with E-state index in [0.29, 0.717) is 0 Å². The van der Waals surface area contributed by atoms with E-state index in [9.17, 15) is 0 Å². The molecule has 0 bridgehead atoms. The van der Waals surface area contributed by atoms with Crippen LogP contribution in [-0.4, -0.2) is 4.57 Å². The van der Waals surface area contributed by atoms with Gasteiger partial charge in [0.25, 0.3) is 0 Å². The third kappa shape index (κ3) is 1.96. The molecule has 1 heterocycles. The Balaban J connectivity index is 2.48. The lowest BCUT2D eigenvalue weighted by molar-refractivity contribution is 0.959. The molecule has 0 aliphatic carbocycles. The molecule has 78 valence electrons. The van der Waals surface area contributed by atoms with Gasteiger partial charge < -0.3 is 4.57 Å². The fourth-order valence-electron chi connectivity index (χ4n) is 1.90. The first-order valence-corrected chi connectivity index (χ1v) is 5.35. The van der Waals surface area contributed by atoms with Gasteiger partial charge in [0.2, 0.25) is 0 Å². The van der Waals surface area contributed by atoms with Crippen LogP contribution in [0.25, 0.3) is 10.9 Å². The van der Waals surface area contributed by atoms with E-state index in [1.54, 1.807) is 0 Å². The summed E-state index contributed by atoms with van der Waals surface area (Å²) < 4.78 is 2.20. The van der Waals surface area contributed by atoms with Gasteiger partial charge in [-0.2, -0.15) is 0 Å². The van der Waals surface area contributed by atoms with Gasteiger partial charge in [0.15, 0.2) is 0 Å². The zero-order valence-electron chi connectivity index (χ0n) is 9.62. The van der Waals surface area contributed by atoms with E-state index in [-0.39, 0.29) is 0 Å². The van der Waals surface area contributed by atoms with Crippen molar-refractivity contribution in [1.82, 2.24) is 4.57 Å².